The zero-order chi connectivity index (χ0) is 21.8. The SMILES string of the molecule is C=C1C(=CCC=C(C)C)C=C(c2ccc(-c3ccc(C)s3)cc2Cl)C(=O)CC1CC. The summed E-state index contributed by atoms with van der Waals surface area (Å²) in [5, 5.41) is 0.613. The monoisotopic (exact) mass is 436 g/mol. The average Bonchev–Trinajstić information content (AvgIpc) is 3.09. The van der Waals surface area contributed by atoms with E-state index in [1.807, 2.05) is 18.2 Å². The van der Waals surface area contributed by atoms with Crippen LogP contribution in [-0.4, -0.2) is 5.78 Å². The van der Waals surface area contributed by atoms with E-state index in [1.54, 1.807) is 11.3 Å². The number of aryl methyl sites for hydroxylation is 1. The van der Waals surface area contributed by atoms with Crippen LogP contribution in [0, 0.1) is 12.8 Å². The maximum Gasteiger partial charge on any atom is 0.164 e. The minimum atomic E-state index is 0.134. The fourth-order valence-corrected chi connectivity index (χ4v) is 4.87. The van der Waals surface area contributed by atoms with Crippen molar-refractivity contribution in [2.24, 2.45) is 5.92 Å². The van der Waals surface area contributed by atoms with Gasteiger partial charge in [-0.05, 0) is 80.5 Å². The Morgan fingerprint density at radius 1 is 1.27 bits per heavy atom. The van der Waals surface area contributed by atoms with Gasteiger partial charge >= 0.3 is 0 Å². The molecule has 30 heavy (non-hydrogen) atoms. The van der Waals surface area contributed by atoms with E-state index in [0.717, 1.165) is 35.1 Å². The standard InChI is InChI=1S/C27H29ClOS/c1-6-20-16-26(29)24(14-21(19(20)5)9-7-8-17(2)3)23-12-11-22(15-25(23)28)27-13-10-18(4)30-27/h8-15,20H,5-7,16H2,1-4H3. The molecule has 3 rings (SSSR count). The van der Waals surface area contributed by atoms with Crippen LogP contribution in [0.4, 0.5) is 0 Å². The van der Waals surface area contributed by atoms with Crippen molar-refractivity contribution in [1.29, 1.82) is 0 Å². The summed E-state index contributed by atoms with van der Waals surface area (Å²) in [6, 6.07) is 10.2. The zero-order valence-electron chi connectivity index (χ0n) is 18.2. The molecule has 0 aliphatic heterocycles. The molecule has 156 valence electrons. The van der Waals surface area contributed by atoms with Gasteiger partial charge in [-0.25, -0.2) is 0 Å². The van der Waals surface area contributed by atoms with Gasteiger partial charge in [-0.1, -0.05) is 55.0 Å². The Hall–Kier alpha value is -2.16. The van der Waals surface area contributed by atoms with Crippen LogP contribution >= 0.6 is 22.9 Å². The van der Waals surface area contributed by atoms with Gasteiger partial charge in [-0.2, -0.15) is 0 Å². The van der Waals surface area contributed by atoms with Crippen molar-refractivity contribution in [2.45, 2.75) is 47.0 Å². The molecule has 0 spiro atoms. The maximum absolute atomic E-state index is 13.2. The highest BCUT2D eigenvalue weighted by Gasteiger charge is 2.26. The molecule has 0 saturated heterocycles. The lowest BCUT2D eigenvalue weighted by molar-refractivity contribution is -0.114. The van der Waals surface area contributed by atoms with Crippen molar-refractivity contribution >= 4 is 34.3 Å². The average molecular weight is 437 g/mol. The van der Waals surface area contributed by atoms with E-state index in [0.29, 0.717) is 17.0 Å². The van der Waals surface area contributed by atoms with E-state index in [1.165, 1.54) is 15.3 Å². The van der Waals surface area contributed by atoms with Crippen molar-refractivity contribution in [3.05, 3.63) is 87.3 Å². The Bertz CT molecular complexity index is 1060. The van der Waals surface area contributed by atoms with Crippen LogP contribution in [0.15, 0.2) is 71.9 Å². The molecule has 0 fully saturated rings. The molecule has 0 amide bonds. The van der Waals surface area contributed by atoms with E-state index >= 15 is 0 Å². The van der Waals surface area contributed by atoms with Gasteiger partial charge in [0.25, 0.3) is 0 Å². The third-order valence-electron chi connectivity index (χ3n) is 5.54. The topological polar surface area (TPSA) is 17.1 Å². The van der Waals surface area contributed by atoms with Crippen molar-refractivity contribution in [3.8, 4) is 10.4 Å². The summed E-state index contributed by atoms with van der Waals surface area (Å²) in [6.45, 7) is 12.7. The summed E-state index contributed by atoms with van der Waals surface area (Å²) in [5.74, 6) is 0.298. The number of rotatable bonds is 5. The summed E-state index contributed by atoms with van der Waals surface area (Å²) in [6.07, 6.45) is 8.56. The predicted octanol–water partition coefficient (Wildman–Crippen LogP) is 8.60. The fourth-order valence-electron chi connectivity index (χ4n) is 3.73. The second-order valence-corrected chi connectivity index (χ2v) is 9.79. The number of hydrogen-bond acceptors (Lipinski definition) is 2. The molecule has 0 bridgehead atoms. The first-order valence-electron chi connectivity index (χ1n) is 10.4. The summed E-state index contributed by atoms with van der Waals surface area (Å²) < 4.78 is 0. The number of allylic oxidation sites excluding steroid dienone is 7. The lowest BCUT2D eigenvalue weighted by Gasteiger charge is -2.15. The van der Waals surface area contributed by atoms with Crippen LogP contribution in [0.5, 0.6) is 0 Å². The zero-order valence-corrected chi connectivity index (χ0v) is 19.8. The van der Waals surface area contributed by atoms with E-state index in [2.05, 4.69) is 64.6 Å². The van der Waals surface area contributed by atoms with Gasteiger partial charge in [0.1, 0.15) is 0 Å². The molecule has 1 aliphatic rings. The van der Waals surface area contributed by atoms with Crippen molar-refractivity contribution in [3.63, 3.8) is 0 Å². The maximum atomic E-state index is 13.2. The quantitative estimate of drug-likeness (QED) is 0.428. The Labute approximate surface area is 189 Å². The highest BCUT2D eigenvalue weighted by Crippen LogP contribution is 2.38. The molecular weight excluding hydrogens is 408 g/mol. The van der Waals surface area contributed by atoms with E-state index < -0.39 is 0 Å². The normalized spacial score (nSPS) is 18.4. The second kappa shape index (κ2) is 9.76. The number of halogens is 1. The number of Topliss-reactive ketones (excluding diaryl/α,β-unsaturated/α-hetero) is 1. The molecule has 1 heterocycles. The summed E-state index contributed by atoms with van der Waals surface area (Å²) >= 11 is 8.44. The van der Waals surface area contributed by atoms with Crippen LogP contribution in [0.3, 0.4) is 0 Å². The Morgan fingerprint density at radius 3 is 2.63 bits per heavy atom. The van der Waals surface area contributed by atoms with Crippen molar-refractivity contribution in [1.82, 2.24) is 0 Å². The lowest BCUT2D eigenvalue weighted by Crippen LogP contribution is -2.08. The fraction of sp³-hybridized carbons (Fsp3) is 0.296. The van der Waals surface area contributed by atoms with E-state index in [9.17, 15) is 4.79 Å². The number of carbonyl (C=O) groups excluding carboxylic acids is 1. The first-order valence-corrected chi connectivity index (χ1v) is 11.6. The molecule has 1 nitrogen and oxygen atoms in total. The van der Waals surface area contributed by atoms with Gasteiger partial charge in [0.15, 0.2) is 5.78 Å². The van der Waals surface area contributed by atoms with Gasteiger partial charge in [-0.3, -0.25) is 4.79 Å². The number of ketones is 1. The summed E-state index contributed by atoms with van der Waals surface area (Å²) in [7, 11) is 0. The van der Waals surface area contributed by atoms with Crippen LogP contribution in [-0.2, 0) is 4.79 Å². The van der Waals surface area contributed by atoms with Crippen LogP contribution in [0.25, 0.3) is 16.0 Å². The second-order valence-electron chi connectivity index (χ2n) is 8.10. The van der Waals surface area contributed by atoms with Gasteiger partial charge in [-0.15, -0.1) is 11.3 Å². The van der Waals surface area contributed by atoms with Crippen LogP contribution < -0.4 is 0 Å². The molecule has 1 unspecified atom stereocenters. The minimum Gasteiger partial charge on any atom is -0.294 e. The molecule has 3 heteroatoms. The van der Waals surface area contributed by atoms with Crippen LogP contribution in [0.1, 0.15) is 50.5 Å². The Morgan fingerprint density at radius 2 is 2.03 bits per heavy atom. The first-order chi connectivity index (χ1) is 14.3. The molecule has 1 aromatic carbocycles. The van der Waals surface area contributed by atoms with Crippen molar-refractivity contribution in [2.75, 3.05) is 0 Å². The highest BCUT2D eigenvalue weighted by atomic mass is 35.5. The molecule has 2 aromatic rings. The lowest BCUT2D eigenvalue weighted by atomic mass is 9.89. The molecular formula is C27H29ClOS. The van der Waals surface area contributed by atoms with Crippen LogP contribution in [0.2, 0.25) is 5.02 Å². The number of thiophene rings is 1. The van der Waals surface area contributed by atoms with E-state index in [-0.39, 0.29) is 11.7 Å². The first kappa shape index (κ1) is 22.5. The Balaban J connectivity index is 2.04. The minimum absolute atomic E-state index is 0.134. The van der Waals surface area contributed by atoms with Gasteiger partial charge in [0, 0.05) is 32.3 Å². The largest absolute Gasteiger partial charge is 0.294 e. The molecule has 0 N–H and O–H groups in total. The van der Waals surface area contributed by atoms with Gasteiger partial charge in [0.05, 0.1) is 0 Å². The third kappa shape index (κ3) is 5.11. The number of benzene rings is 1. The summed E-state index contributed by atoms with van der Waals surface area (Å²) in [5.41, 5.74) is 5.95. The molecule has 1 aromatic heterocycles. The van der Waals surface area contributed by atoms with Gasteiger partial charge in [0.2, 0.25) is 0 Å². The predicted molar refractivity (Wildman–Crippen MR) is 132 cm³/mol. The van der Waals surface area contributed by atoms with Gasteiger partial charge < -0.3 is 0 Å². The smallest absolute Gasteiger partial charge is 0.164 e. The number of hydrogen-bond donors (Lipinski definition) is 0. The molecule has 0 saturated carbocycles. The Kier molecular flexibility index (Phi) is 7.33. The molecule has 1 aliphatic carbocycles. The highest BCUT2D eigenvalue weighted by molar-refractivity contribution is 7.15. The molecule has 1 atom stereocenters. The van der Waals surface area contributed by atoms with Crippen molar-refractivity contribution < 1.29 is 4.79 Å². The van der Waals surface area contributed by atoms with E-state index in [4.69, 9.17) is 11.6 Å². The number of carbonyl (C=O) groups is 1. The third-order valence-corrected chi connectivity index (χ3v) is 6.90. The summed E-state index contributed by atoms with van der Waals surface area (Å²) in [4.78, 5) is 15.6. The molecule has 0 radical (unpaired) electrons.